The number of nitrogens with zero attached hydrogens (tertiary/aromatic N) is 3. The molecule has 0 spiro atoms. The molecule has 3 fully saturated rings. The summed E-state index contributed by atoms with van der Waals surface area (Å²) < 4.78 is 14.0. The molecule has 130 valence electrons. The van der Waals surface area contributed by atoms with Crippen LogP contribution in [0.2, 0.25) is 0 Å². The van der Waals surface area contributed by atoms with E-state index in [-0.39, 0.29) is 11.9 Å². The van der Waals surface area contributed by atoms with Crippen molar-refractivity contribution in [2.24, 2.45) is 0 Å². The lowest BCUT2D eigenvalue weighted by Gasteiger charge is -2.47. The van der Waals surface area contributed by atoms with E-state index in [1.54, 1.807) is 6.07 Å². The molecule has 0 unspecified atom stereocenters. The van der Waals surface area contributed by atoms with E-state index in [1.165, 1.54) is 6.07 Å². The minimum atomic E-state index is -0.140. The summed E-state index contributed by atoms with van der Waals surface area (Å²) in [6.45, 7) is 5.72. The first-order valence-corrected chi connectivity index (χ1v) is 9.21. The summed E-state index contributed by atoms with van der Waals surface area (Å²) >= 11 is 0. The van der Waals surface area contributed by atoms with Crippen LogP contribution in [-0.2, 0) is 4.79 Å². The van der Waals surface area contributed by atoms with E-state index in [1.807, 2.05) is 12.1 Å². The third-order valence-electron chi connectivity index (χ3n) is 6.06. The molecule has 0 radical (unpaired) electrons. The summed E-state index contributed by atoms with van der Waals surface area (Å²) in [7, 11) is 0. The van der Waals surface area contributed by atoms with Gasteiger partial charge >= 0.3 is 0 Å². The van der Waals surface area contributed by atoms with Crippen LogP contribution in [0.25, 0.3) is 0 Å². The van der Waals surface area contributed by atoms with Gasteiger partial charge in [-0.15, -0.1) is 0 Å². The van der Waals surface area contributed by atoms with Crippen molar-refractivity contribution >= 4 is 11.6 Å². The quantitative estimate of drug-likeness (QED) is 0.833. The van der Waals surface area contributed by atoms with E-state index in [0.29, 0.717) is 23.7 Å². The van der Waals surface area contributed by atoms with Gasteiger partial charge in [-0.2, -0.15) is 0 Å². The lowest BCUT2D eigenvalue weighted by molar-refractivity contribution is -0.145. The molecule has 1 aromatic rings. The molecule has 0 N–H and O–H groups in total. The Kier molecular flexibility index (Phi) is 4.21. The molecule has 2 atom stereocenters. The minimum absolute atomic E-state index is 0.00985. The van der Waals surface area contributed by atoms with Gasteiger partial charge in [-0.1, -0.05) is 12.1 Å². The number of carbonyl (C=O) groups is 1. The Balaban J connectivity index is 1.42. The van der Waals surface area contributed by atoms with Crippen LogP contribution < -0.4 is 4.90 Å². The van der Waals surface area contributed by atoms with Crippen molar-refractivity contribution < 1.29 is 9.18 Å². The molecule has 0 aliphatic carbocycles. The third kappa shape index (κ3) is 2.69. The standard InChI is InChI=1S/C19H26FN3O/c1-14-19(24)22-10-4-5-16(22)13-23(14)15-8-11-21(12-9-15)18-7-3-2-6-17(18)20/h2-3,6-7,14-16H,4-5,8-13H2,1H3/t14-,16-/m1/s1. The van der Waals surface area contributed by atoms with E-state index >= 15 is 0 Å². The number of hydrogen-bond acceptors (Lipinski definition) is 3. The lowest BCUT2D eigenvalue weighted by Crippen LogP contribution is -2.62. The van der Waals surface area contributed by atoms with E-state index < -0.39 is 0 Å². The molecule has 1 amide bonds. The fourth-order valence-electron chi connectivity index (χ4n) is 4.71. The summed E-state index contributed by atoms with van der Waals surface area (Å²) in [5, 5.41) is 0. The van der Waals surface area contributed by atoms with Gasteiger partial charge in [0.2, 0.25) is 5.91 Å². The summed E-state index contributed by atoms with van der Waals surface area (Å²) in [6.07, 6.45) is 4.28. The Bertz CT molecular complexity index is 614. The van der Waals surface area contributed by atoms with Crippen molar-refractivity contribution in [2.45, 2.75) is 50.7 Å². The third-order valence-corrected chi connectivity index (χ3v) is 6.06. The van der Waals surface area contributed by atoms with Gasteiger partial charge in [0, 0.05) is 38.3 Å². The van der Waals surface area contributed by atoms with Crippen LogP contribution in [0.15, 0.2) is 24.3 Å². The fourth-order valence-corrected chi connectivity index (χ4v) is 4.71. The highest BCUT2D eigenvalue weighted by Crippen LogP contribution is 2.31. The van der Waals surface area contributed by atoms with Crippen LogP contribution in [-0.4, -0.2) is 60.0 Å². The van der Waals surface area contributed by atoms with Crippen LogP contribution in [0.1, 0.15) is 32.6 Å². The van der Waals surface area contributed by atoms with Crippen LogP contribution in [0, 0.1) is 5.82 Å². The number of halogens is 1. The average molecular weight is 331 g/mol. The van der Waals surface area contributed by atoms with Crippen LogP contribution in [0.4, 0.5) is 10.1 Å². The zero-order valence-electron chi connectivity index (χ0n) is 14.3. The van der Waals surface area contributed by atoms with E-state index in [9.17, 15) is 9.18 Å². The van der Waals surface area contributed by atoms with Crippen LogP contribution >= 0.6 is 0 Å². The molecule has 0 bridgehead atoms. The number of rotatable bonds is 2. The predicted molar refractivity (Wildman–Crippen MR) is 92.5 cm³/mol. The summed E-state index contributed by atoms with van der Waals surface area (Å²) in [4.78, 5) is 19.3. The second-order valence-corrected chi connectivity index (χ2v) is 7.37. The molecule has 4 rings (SSSR count). The van der Waals surface area contributed by atoms with Crippen molar-refractivity contribution in [3.8, 4) is 0 Å². The molecule has 3 heterocycles. The molecule has 0 aromatic heterocycles. The van der Waals surface area contributed by atoms with Gasteiger partial charge in [-0.3, -0.25) is 9.69 Å². The van der Waals surface area contributed by atoms with Crippen molar-refractivity contribution in [2.75, 3.05) is 31.1 Å². The number of amides is 1. The van der Waals surface area contributed by atoms with Gasteiger partial charge in [0.1, 0.15) is 5.82 Å². The molecule has 4 nitrogen and oxygen atoms in total. The number of benzene rings is 1. The second kappa shape index (κ2) is 6.36. The molecule has 3 saturated heterocycles. The first-order chi connectivity index (χ1) is 11.6. The van der Waals surface area contributed by atoms with Gasteiger partial charge in [0.05, 0.1) is 11.7 Å². The number of piperidine rings is 1. The maximum absolute atomic E-state index is 14.0. The number of fused-ring (bicyclic) bond motifs is 1. The van der Waals surface area contributed by atoms with Gasteiger partial charge in [-0.25, -0.2) is 4.39 Å². The lowest BCUT2D eigenvalue weighted by atomic mass is 9.97. The van der Waals surface area contributed by atoms with Crippen molar-refractivity contribution in [1.82, 2.24) is 9.80 Å². The number of anilines is 1. The van der Waals surface area contributed by atoms with Crippen LogP contribution in [0.5, 0.6) is 0 Å². The topological polar surface area (TPSA) is 26.8 Å². The largest absolute Gasteiger partial charge is 0.369 e. The summed E-state index contributed by atoms with van der Waals surface area (Å²) in [5.74, 6) is 0.166. The normalized spacial score (nSPS) is 29.2. The molecule has 24 heavy (non-hydrogen) atoms. The van der Waals surface area contributed by atoms with E-state index in [0.717, 1.165) is 51.9 Å². The van der Waals surface area contributed by atoms with Gasteiger partial charge < -0.3 is 9.80 Å². The Morgan fingerprint density at radius 3 is 2.54 bits per heavy atom. The summed E-state index contributed by atoms with van der Waals surface area (Å²) in [5.41, 5.74) is 0.709. The Morgan fingerprint density at radius 1 is 1.04 bits per heavy atom. The fraction of sp³-hybridized carbons (Fsp3) is 0.632. The molecule has 3 aliphatic rings. The molecule has 5 heteroatoms. The highest BCUT2D eigenvalue weighted by atomic mass is 19.1. The van der Waals surface area contributed by atoms with Gasteiger partial charge in [0.25, 0.3) is 0 Å². The molecule has 0 saturated carbocycles. The Hall–Kier alpha value is -1.62. The van der Waals surface area contributed by atoms with Crippen molar-refractivity contribution in [3.63, 3.8) is 0 Å². The van der Waals surface area contributed by atoms with Crippen LogP contribution in [0.3, 0.4) is 0 Å². The van der Waals surface area contributed by atoms with Crippen molar-refractivity contribution in [1.29, 1.82) is 0 Å². The van der Waals surface area contributed by atoms with E-state index in [2.05, 4.69) is 21.6 Å². The first-order valence-electron chi connectivity index (χ1n) is 9.21. The second-order valence-electron chi connectivity index (χ2n) is 7.37. The van der Waals surface area contributed by atoms with Crippen molar-refractivity contribution in [3.05, 3.63) is 30.1 Å². The molecule has 1 aromatic carbocycles. The summed E-state index contributed by atoms with van der Waals surface area (Å²) in [6, 6.07) is 7.86. The molecular weight excluding hydrogens is 305 g/mol. The zero-order chi connectivity index (χ0) is 16.7. The first kappa shape index (κ1) is 15.9. The molecule has 3 aliphatic heterocycles. The molecular formula is C19H26FN3O. The predicted octanol–water partition coefficient (Wildman–Crippen LogP) is 2.49. The number of piperazine rings is 1. The highest BCUT2D eigenvalue weighted by molar-refractivity contribution is 5.83. The highest BCUT2D eigenvalue weighted by Gasteiger charge is 2.43. The minimum Gasteiger partial charge on any atom is -0.369 e. The van der Waals surface area contributed by atoms with E-state index in [4.69, 9.17) is 0 Å². The monoisotopic (exact) mass is 331 g/mol. The zero-order valence-corrected chi connectivity index (χ0v) is 14.3. The number of carbonyl (C=O) groups excluding carboxylic acids is 1. The SMILES string of the molecule is C[C@@H]1C(=O)N2CCC[C@@H]2CN1C1CCN(c2ccccc2F)CC1. The maximum atomic E-state index is 14.0. The van der Waals surface area contributed by atoms with Gasteiger partial charge in [0.15, 0.2) is 0 Å². The average Bonchev–Trinajstić information content (AvgIpc) is 3.08. The number of para-hydroxylation sites is 1. The Morgan fingerprint density at radius 2 is 1.79 bits per heavy atom. The smallest absolute Gasteiger partial charge is 0.239 e. The number of hydrogen-bond donors (Lipinski definition) is 0. The van der Waals surface area contributed by atoms with Gasteiger partial charge in [-0.05, 0) is 44.7 Å². The maximum Gasteiger partial charge on any atom is 0.239 e. The Labute approximate surface area is 143 Å².